The molecule has 118 valence electrons. The van der Waals surface area contributed by atoms with Crippen LogP contribution in [-0.2, 0) is 0 Å². The van der Waals surface area contributed by atoms with Gasteiger partial charge >= 0.3 is 6.36 Å². The third-order valence-electron chi connectivity index (χ3n) is 3.15. The van der Waals surface area contributed by atoms with Crippen LogP contribution in [0.15, 0.2) is 36.4 Å². The van der Waals surface area contributed by atoms with Gasteiger partial charge < -0.3 is 15.6 Å². The molecule has 0 heterocycles. The van der Waals surface area contributed by atoms with Gasteiger partial charge in [0.05, 0.1) is 11.6 Å². The van der Waals surface area contributed by atoms with Crippen LogP contribution in [0, 0.1) is 12.7 Å². The molecule has 3 N–H and O–H groups in total. The lowest BCUT2D eigenvalue weighted by molar-refractivity contribution is -0.274. The summed E-state index contributed by atoms with van der Waals surface area (Å²) in [5, 5.41) is 9.92. The summed E-state index contributed by atoms with van der Waals surface area (Å²) in [5.74, 6) is -1.37. The molecule has 2 rings (SSSR count). The first kappa shape index (κ1) is 16.1. The number of benzene rings is 2. The molecule has 0 spiro atoms. The van der Waals surface area contributed by atoms with E-state index in [0.717, 1.165) is 12.1 Å². The van der Waals surface area contributed by atoms with E-state index in [2.05, 4.69) is 4.74 Å². The van der Waals surface area contributed by atoms with Gasteiger partial charge in [0.2, 0.25) is 0 Å². The van der Waals surface area contributed by atoms with Gasteiger partial charge in [-0.1, -0.05) is 18.2 Å². The first-order valence-corrected chi connectivity index (χ1v) is 6.28. The fourth-order valence-electron chi connectivity index (χ4n) is 2.03. The lowest BCUT2D eigenvalue weighted by atomic mass is 9.96. The highest BCUT2D eigenvalue weighted by Crippen LogP contribution is 2.33. The SMILES string of the molecule is Cc1ccc(F)c([C@H](N)c2ccc(OC(F)(F)F)cc2)c1O. The minimum Gasteiger partial charge on any atom is -0.507 e. The molecule has 0 radical (unpaired) electrons. The van der Waals surface area contributed by atoms with Crippen LogP contribution >= 0.6 is 0 Å². The number of phenols is 1. The van der Waals surface area contributed by atoms with Crippen LogP contribution in [0.5, 0.6) is 11.5 Å². The maximum atomic E-state index is 13.9. The number of phenolic OH excluding ortho intramolecular Hbond substituents is 1. The number of alkyl halides is 3. The minimum absolute atomic E-state index is 0.107. The lowest BCUT2D eigenvalue weighted by Gasteiger charge is -2.17. The van der Waals surface area contributed by atoms with Crippen molar-refractivity contribution in [3.8, 4) is 11.5 Å². The van der Waals surface area contributed by atoms with Gasteiger partial charge in [0.25, 0.3) is 0 Å². The normalized spacial score (nSPS) is 13.0. The average Bonchev–Trinajstić information content (AvgIpc) is 2.42. The summed E-state index contributed by atoms with van der Waals surface area (Å²) >= 11 is 0. The number of hydrogen-bond acceptors (Lipinski definition) is 3. The van der Waals surface area contributed by atoms with Crippen LogP contribution < -0.4 is 10.5 Å². The van der Waals surface area contributed by atoms with E-state index in [1.807, 2.05) is 0 Å². The van der Waals surface area contributed by atoms with Crippen LogP contribution in [0.2, 0.25) is 0 Å². The van der Waals surface area contributed by atoms with E-state index in [9.17, 15) is 22.7 Å². The molecular weight excluding hydrogens is 302 g/mol. The minimum atomic E-state index is -4.79. The highest BCUT2D eigenvalue weighted by Gasteiger charge is 2.31. The Morgan fingerprint density at radius 3 is 2.23 bits per heavy atom. The number of hydrogen-bond donors (Lipinski definition) is 2. The number of aromatic hydroxyl groups is 1. The van der Waals surface area contributed by atoms with Crippen molar-refractivity contribution >= 4 is 0 Å². The Morgan fingerprint density at radius 1 is 1.09 bits per heavy atom. The Balaban J connectivity index is 2.31. The molecule has 0 fully saturated rings. The van der Waals surface area contributed by atoms with Gasteiger partial charge in [-0.2, -0.15) is 0 Å². The third kappa shape index (κ3) is 3.48. The zero-order chi connectivity index (χ0) is 16.5. The second-order valence-electron chi connectivity index (χ2n) is 4.72. The predicted molar refractivity (Wildman–Crippen MR) is 72.0 cm³/mol. The van der Waals surface area contributed by atoms with Crippen molar-refractivity contribution in [1.29, 1.82) is 0 Å². The fraction of sp³-hybridized carbons (Fsp3) is 0.200. The van der Waals surface area contributed by atoms with Crippen molar-refractivity contribution in [2.45, 2.75) is 19.3 Å². The molecule has 3 nitrogen and oxygen atoms in total. The van der Waals surface area contributed by atoms with Crippen molar-refractivity contribution in [2.24, 2.45) is 5.73 Å². The largest absolute Gasteiger partial charge is 0.573 e. The van der Waals surface area contributed by atoms with Crippen LogP contribution in [0.4, 0.5) is 17.6 Å². The highest BCUT2D eigenvalue weighted by molar-refractivity contribution is 5.46. The van der Waals surface area contributed by atoms with Crippen molar-refractivity contribution < 1.29 is 27.4 Å². The van der Waals surface area contributed by atoms with Gasteiger partial charge in [0.1, 0.15) is 17.3 Å². The third-order valence-corrected chi connectivity index (χ3v) is 3.15. The molecule has 0 saturated carbocycles. The molecule has 0 aliphatic carbocycles. The summed E-state index contributed by atoms with van der Waals surface area (Å²) in [6, 6.07) is 6.28. The maximum Gasteiger partial charge on any atom is 0.573 e. The van der Waals surface area contributed by atoms with E-state index in [4.69, 9.17) is 5.73 Å². The van der Waals surface area contributed by atoms with E-state index in [1.165, 1.54) is 24.3 Å². The van der Waals surface area contributed by atoms with Gasteiger partial charge in [-0.05, 0) is 36.2 Å². The number of rotatable bonds is 3. The monoisotopic (exact) mass is 315 g/mol. The summed E-state index contributed by atoms with van der Waals surface area (Å²) in [5.41, 5.74) is 6.58. The average molecular weight is 315 g/mol. The molecule has 1 atom stereocenters. The number of nitrogens with two attached hydrogens (primary N) is 1. The van der Waals surface area contributed by atoms with E-state index >= 15 is 0 Å². The number of aryl methyl sites for hydroxylation is 1. The van der Waals surface area contributed by atoms with E-state index in [1.54, 1.807) is 6.92 Å². The van der Waals surface area contributed by atoms with Crippen molar-refractivity contribution in [2.75, 3.05) is 0 Å². The molecule has 22 heavy (non-hydrogen) atoms. The summed E-state index contributed by atoms with van der Waals surface area (Å²) in [6.45, 7) is 1.59. The smallest absolute Gasteiger partial charge is 0.507 e. The van der Waals surface area contributed by atoms with Crippen LogP contribution in [-0.4, -0.2) is 11.5 Å². The first-order valence-electron chi connectivity index (χ1n) is 6.28. The fourth-order valence-corrected chi connectivity index (χ4v) is 2.03. The summed E-state index contributed by atoms with van der Waals surface area (Å²) in [6.07, 6.45) is -4.79. The lowest BCUT2D eigenvalue weighted by Crippen LogP contribution is -2.17. The van der Waals surface area contributed by atoms with Crippen molar-refractivity contribution in [3.05, 3.63) is 58.9 Å². The summed E-state index contributed by atoms with van der Waals surface area (Å²) < 4.78 is 53.9. The Hall–Kier alpha value is -2.28. The highest BCUT2D eigenvalue weighted by atomic mass is 19.4. The Kier molecular flexibility index (Phi) is 4.27. The van der Waals surface area contributed by atoms with E-state index in [-0.39, 0.29) is 11.3 Å². The van der Waals surface area contributed by atoms with Gasteiger partial charge in [-0.15, -0.1) is 13.2 Å². The standard InChI is InChI=1S/C15H13F4NO2/c1-8-2-7-11(16)12(14(8)21)13(20)9-3-5-10(6-4-9)22-15(17,18)19/h2-7,13,21H,20H2,1H3/t13-/m1/s1. The van der Waals surface area contributed by atoms with E-state index in [0.29, 0.717) is 11.1 Å². The Labute approximate surface area is 123 Å². The molecule has 0 aliphatic rings. The van der Waals surface area contributed by atoms with E-state index < -0.39 is 24.0 Å². The molecule has 0 unspecified atom stereocenters. The molecule has 0 aromatic heterocycles. The molecule has 0 saturated heterocycles. The molecule has 7 heteroatoms. The molecule has 0 aliphatic heterocycles. The Bertz CT molecular complexity index is 668. The van der Waals surface area contributed by atoms with Crippen molar-refractivity contribution in [1.82, 2.24) is 0 Å². The Morgan fingerprint density at radius 2 is 1.68 bits per heavy atom. The van der Waals surface area contributed by atoms with Crippen molar-refractivity contribution in [3.63, 3.8) is 0 Å². The molecular formula is C15H13F4NO2. The molecule has 0 bridgehead atoms. The zero-order valence-electron chi connectivity index (χ0n) is 11.5. The second-order valence-corrected chi connectivity index (χ2v) is 4.72. The topological polar surface area (TPSA) is 55.5 Å². The molecule has 2 aromatic carbocycles. The van der Waals surface area contributed by atoms with Crippen LogP contribution in [0.3, 0.4) is 0 Å². The maximum absolute atomic E-state index is 13.9. The van der Waals surface area contributed by atoms with Gasteiger partial charge in [-0.3, -0.25) is 0 Å². The summed E-state index contributed by atoms with van der Waals surface area (Å²) in [4.78, 5) is 0. The van der Waals surface area contributed by atoms with Crippen LogP contribution in [0.25, 0.3) is 0 Å². The van der Waals surface area contributed by atoms with Gasteiger partial charge in [-0.25, -0.2) is 4.39 Å². The number of halogens is 4. The first-order chi connectivity index (χ1) is 10.2. The molecule has 2 aromatic rings. The second kappa shape index (κ2) is 5.84. The summed E-state index contributed by atoms with van der Waals surface area (Å²) in [7, 11) is 0. The zero-order valence-corrected chi connectivity index (χ0v) is 11.5. The van der Waals surface area contributed by atoms with Gasteiger partial charge in [0.15, 0.2) is 0 Å². The number of ether oxygens (including phenoxy) is 1. The quantitative estimate of drug-likeness (QED) is 0.847. The molecule has 0 amide bonds. The predicted octanol–water partition coefficient (Wildman–Crippen LogP) is 3.79. The van der Waals surface area contributed by atoms with Crippen LogP contribution in [0.1, 0.15) is 22.7 Å². The van der Waals surface area contributed by atoms with Gasteiger partial charge in [0, 0.05) is 0 Å².